The number of benzene rings is 2. The first kappa shape index (κ1) is 23.1. The van der Waals surface area contributed by atoms with Crippen LogP contribution in [-0.2, 0) is 0 Å². The van der Waals surface area contributed by atoms with Gasteiger partial charge in [-0.2, -0.15) is 5.10 Å². The van der Waals surface area contributed by atoms with Crippen molar-refractivity contribution in [3.05, 3.63) is 29.3 Å². The molecule has 0 saturated heterocycles. The number of fused-ring (bicyclic) bond motifs is 1. The second-order valence-electron chi connectivity index (χ2n) is 8.05. The molecule has 1 saturated carbocycles. The first-order chi connectivity index (χ1) is 17.1. The monoisotopic (exact) mass is 497 g/mol. The predicted molar refractivity (Wildman–Crippen MR) is 133 cm³/mol. The lowest BCUT2D eigenvalue weighted by Gasteiger charge is -2.16. The minimum absolute atomic E-state index is 0.513. The molecule has 0 amide bonds. The molecule has 0 unspecified atom stereocenters. The molecule has 1 aliphatic carbocycles. The highest BCUT2D eigenvalue weighted by Gasteiger charge is 2.30. The van der Waals surface area contributed by atoms with E-state index in [-0.39, 0.29) is 0 Å². The van der Waals surface area contributed by atoms with E-state index in [9.17, 15) is 0 Å². The first-order valence-electron chi connectivity index (χ1n) is 11.1. The lowest BCUT2D eigenvalue weighted by Crippen LogP contribution is -1.99. The second-order valence-corrected chi connectivity index (χ2v) is 9.03. The van der Waals surface area contributed by atoms with Crippen molar-refractivity contribution in [3.8, 4) is 57.0 Å². The predicted octanol–water partition coefficient (Wildman–Crippen LogP) is 5.05. The SMILES string of the molecule is COc1cc(-c2nc3sc(C4CC4)nn3c2-c2cc(OC)c(OC)c(OC)c2)cc(OC)c1OC. The van der Waals surface area contributed by atoms with E-state index < -0.39 is 0 Å². The summed E-state index contributed by atoms with van der Waals surface area (Å²) >= 11 is 1.61. The van der Waals surface area contributed by atoms with Gasteiger partial charge in [-0.3, -0.25) is 0 Å². The summed E-state index contributed by atoms with van der Waals surface area (Å²) in [6.45, 7) is 0. The zero-order valence-electron chi connectivity index (χ0n) is 20.5. The Bertz CT molecular complexity index is 1340. The summed E-state index contributed by atoms with van der Waals surface area (Å²) in [5.41, 5.74) is 3.15. The van der Waals surface area contributed by atoms with Gasteiger partial charge in [-0.1, -0.05) is 11.3 Å². The lowest BCUT2D eigenvalue weighted by molar-refractivity contribution is 0.324. The van der Waals surface area contributed by atoms with Crippen molar-refractivity contribution in [1.29, 1.82) is 0 Å². The van der Waals surface area contributed by atoms with Crippen LogP contribution in [0.3, 0.4) is 0 Å². The van der Waals surface area contributed by atoms with Crippen molar-refractivity contribution in [2.24, 2.45) is 0 Å². The molecule has 4 aromatic rings. The molecule has 2 heterocycles. The fourth-order valence-electron chi connectivity index (χ4n) is 4.15. The van der Waals surface area contributed by atoms with Crippen molar-refractivity contribution < 1.29 is 28.4 Å². The molecule has 0 radical (unpaired) electrons. The molecule has 5 rings (SSSR count). The molecule has 0 N–H and O–H groups in total. The van der Waals surface area contributed by atoms with E-state index in [2.05, 4.69) is 0 Å². The summed E-state index contributed by atoms with van der Waals surface area (Å²) in [7, 11) is 9.55. The molecule has 0 bridgehead atoms. The Balaban J connectivity index is 1.79. The molecule has 9 nitrogen and oxygen atoms in total. The lowest BCUT2D eigenvalue weighted by atomic mass is 10.0. The topological polar surface area (TPSA) is 85.6 Å². The van der Waals surface area contributed by atoms with E-state index in [1.165, 1.54) is 0 Å². The maximum atomic E-state index is 5.62. The van der Waals surface area contributed by atoms with E-state index in [4.69, 9.17) is 38.5 Å². The smallest absolute Gasteiger partial charge is 0.213 e. The van der Waals surface area contributed by atoms with Gasteiger partial charge in [0.25, 0.3) is 0 Å². The standard InChI is InChI=1S/C25H27N3O6S/c1-29-16-9-14(10-17(30-2)22(16)33-5)20-21(28-25(26-20)35-24(27-28)13-7-8-13)15-11-18(31-3)23(34-6)19(12-15)32-4/h9-13H,7-8H2,1-6H3. The van der Waals surface area contributed by atoms with E-state index in [0.717, 1.165) is 45.3 Å². The van der Waals surface area contributed by atoms with Crippen LogP contribution in [0.1, 0.15) is 23.8 Å². The van der Waals surface area contributed by atoms with Gasteiger partial charge in [0.2, 0.25) is 16.5 Å². The number of aromatic nitrogens is 3. The summed E-state index contributed by atoms with van der Waals surface area (Å²) < 4.78 is 35.4. The number of ether oxygens (including phenoxy) is 6. The number of rotatable bonds is 9. The van der Waals surface area contributed by atoms with Gasteiger partial charge in [0.05, 0.1) is 42.7 Å². The minimum Gasteiger partial charge on any atom is -0.493 e. The van der Waals surface area contributed by atoms with Crippen LogP contribution in [0.5, 0.6) is 34.5 Å². The minimum atomic E-state index is 0.513. The number of nitrogens with zero attached hydrogens (tertiary/aromatic N) is 3. The van der Waals surface area contributed by atoms with Gasteiger partial charge in [0, 0.05) is 17.0 Å². The van der Waals surface area contributed by atoms with Crippen molar-refractivity contribution in [2.45, 2.75) is 18.8 Å². The third kappa shape index (κ3) is 3.87. The van der Waals surface area contributed by atoms with Crippen LogP contribution in [0.4, 0.5) is 0 Å². The van der Waals surface area contributed by atoms with E-state index in [1.54, 1.807) is 54.0 Å². The molecule has 0 spiro atoms. The van der Waals surface area contributed by atoms with Gasteiger partial charge in [-0.15, -0.1) is 0 Å². The maximum absolute atomic E-state index is 5.62. The molecule has 0 atom stereocenters. The summed E-state index contributed by atoms with van der Waals surface area (Å²) in [6.07, 6.45) is 2.33. The third-order valence-corrected chi connectivity index (χ3v) is 7.09. The molecule has 1 aliphatic rings. The Labute approximate surface area is 207 Å². The summed E-state index contributed by atoms with van der Waals surface area (Å²) in [6, 6.07) is 7.58. The summed E-state index contributed by atoms with van der Waals surface area (Å²) in [4.78, 5) is 5.81. The van der Waals surface area contributed by atoms with Gasteiger partial charge in [0.1, 0.15) is 16.4 Å². The average Bonchev–Trinajstić information content (AvgIpc) is 3.57. The van der Waals surface area contributed by atoms with Crippen molar-refractivity contribution in [1.82, 2.24) is 14.6 Å². The van der Waals surface area contributed by atoms with Crippen molar-refractivity contribution >= 4 is 16.3 Å². The highest BCUT2D eigenvalue weighted by atomic mass is 32.1. The normalized spacial score (nSPS) is 13.1. The zero-order valence-corrected chi connectivity index (χ0v) is 21.3. The Morgan fingerprint density at radius 1 is 0.714 bits per heavy atom. The summed E-state index contributed by atoms with van der Waals surface area (Å²) in [5.74, 6) is 3.73. The third-order valence-electron chi connectivity index (χ3n) is 6.02. The quantitative estimate of drug-likeness (QED) is 0.317. The fraction of sp³-hybridized carbons (Fsp3) is 0.360. The molecule has 1 fully saturated rings. The first-order valence-corrected chi connectivity index (χ1v) is 11.9. The van der Waals surface area contributed by atoms with Gasteiger partial charge in [-0.05, 0) is 37.1 Å². The zero-order chi connectivity index (χ0) is 24.7. The average molecular weight is 498 g/mol. The number of methoxy groups -OCH3 is 6. The van der Waals surface area contributed by atoms with E-state index >= 15 is 0 Å². The highest BCUT2D eigenvalue weighted by Crippen LogP contribution is 2.48. The molecule has 2 aromatic heterocycles. The van der Waals surface area contributed by atoms with Gasteiger partial charge in [0.15, 0.2) is 23.0 Å². The van der Waals surface area contributed by atoms with Crippen LogP contribution in [0.2, 0.25) is 0 Å². The van der Waals surface area contributed by atoms with Crippen LogP contribution < -0.4 is 28.4 Å². The van der Waals surface area contributed by atoms with Gasteiger partial charge < -0.3 is 28.4 Å². The molecule has 10 heteroatoms. The van der Waals surface area contributed by atoms with Crippen LogP contribution in [0.15, 0.2) is 24.3 Å². The molecule has 0 aliphatic heterocycles. The van der Waals surface area contributed by atoms with Crippen LogP contribution in [0, 0.1) is 0 Å². The van der Waals surface area contributed by atoms with Crippen molar-refractivity contribution in [2.75, 3.05) is 42.7 Å². The number of imidazole rings is 1. The largest absolute Gasteiger partial charge is 0.493 e. The summed E-state index contributed by atoms with van der Waals surface area (Å²) in [5, 5.41) is 6.04. The molecule has 184 valence electrons. The van der Waals surface area contributed by atoms with E-state index in [1.807, 2.05) is 28.8 Å². The molecule has 35 heavy (non-hydrogen) atoms. The fourth-order valence-corrected chi connectivity index (χ4v) is 5.22. The molecule has 2 aromatic carbocycles. The van der Waals surface area contributed by atoms with Crippen LogP contribution >= 0.6 is 11.3 Å². The Hall–Kier alpha value is -3.66. The van der Waals surface area contributed by atoms with Gasteiger partial charge >= 0.3 is 0 Å². The van der Waals surface area contributed by atoms with Crippen LogP contribution in [-0.4, -0.2) is 57.3 Å². The Kier molecular flexibility index (Phi) is 6.06. The number of hydrogen-bond donors (Lipinski definition) is 0. The molecular weight excluding hydrogens is 470 g/mol. The molecular formula is C25H27N3O6S. The van der Waals surface area contributed by atoms with Gasteiger partial charge in [-0.25, -0.2) is 9.50 Å². The second kappa shape index (κ2) is 9.18. The van der Waals surface area contributed by atoms with Crippen LogP contribution in [0.25, 0.3) is 27.5 Å². The maximum Gasteiger partial charge on any atom is 0.213 e. The highest BCUT2D eigenvalue weighted by molar-refractivity contribution is 7.16. The van der Waals surface area contributed by atoms with E-state index in [0.29, 0.717) is 40.4 Å². The Morgan fingerprint density at radius 2 is 1.20 bits per heavy atom. The Morgan fingerprint density at radius 3 is 1.63 bits per heavy atom. The van der Waals surface area contributed by atoms with Crippen molar-refractivity contribution in [3.63, 3.8) is 0 Å². The number of hydrogen-bond acceptors (Lipinski definition) is 9.